The molecule has 0 saturated carbocycles. The first-order valence-electron chi connectivity index (χ1n) is 12.1. The van der Waals surface area contributed by atoms with Crippen molar-refractivity contribution in [2.24, 2.45) is 0 Å². The summed E-state index contributed by atoms with van der Waals surface area (Å²) >= 11 is 0. The van der Waals surface area contributed by atoms with Crippen LogP contribution in [0.4, 0.5) is 11.4 Å². The van der Waals surface area contributed by atoms with E-state index in [-0.39, 0.29) is 35.9 Å². The summed E-state index contributed by atoms with van der Waals surface area (Å²) in [4.78, 5) is 42.5. The van der Waals surface area contributed by atoms with Gasteiger partial charge in [0.15, 0.2) is 5.78 Å². The largest absolute Gasteiger partial charge is 0.478 e. The van der Waals surface area contributed by atoms with Crippen LogP contribution in [0, 0.1) is 6.92 Å². The molecule has 2 N–H and O–H groups in total. The first-order valence-corrected chi connectivity index (χ1v) is 12.1. The third-order valence-electron chi connectivity index (χ3n) is 6.56. The number of carboxylic acid groups (broad SMARTS) is 1. The lowest BCUT2D eigenvalue weighted by molar-refractivity contribution is 0.0697. The van der Waals surface area contributed by atoms with E-state index in [1.165, 1.54) is 6.07 Å². The lowest BCUT2D eigenvalue weighted by Crippen LogP contribution is -2.28. The molecule has 3 aromatic rings. The van der Waals surface area contributed by atoms with Crippen LogP contribution in [-0.4, -0.2) is 60.9 Å². The molecule has 8 heteroatoms. The number of para-hydroxylation sites is 1. The van der Waals surface area contributed by atoms with Crippen molar-refractivity contribution in [3.8, 4) is 0 Å². The molecule has 1 saturated heterocycles. The summed E-state index contributed by atoms with van der Waals surface area (Å²) in [5, 5.41) is 12.5. The summed E-state index contributed by atoms with van der Waals surface area (Å²) in [6.07, 6.45) is 1.05. The minimum absolute atomic E-state index is 0. The van der Waals surface area contributed by atoms with E-state index in [9.17, 15) is 19.5 Å². The van der Waals surface area contributed by atoms with E-state index in [4.69, 9.17) is 0 Å². The van der Waals surface area contributed by atoms with E-state index >= 15 is 0 Å². The number of rotatable bonds is 7. The van der Waals surface area contributed by atoms with Gasteiger partial charge in [0.1, 0.15) is 0 Å². The molecule has 194 valence electrons. The molecule has 1 aliphatic heterocycles. The number of aromatic carboxylic acids is 1. The Morgan fingerprint density at radius 3 is 2.22 bits per heavy atom. The molecule has 7 nitrogen and oxygen atoms in total. The van der Waals surface area contributed by atoms with E-state index in [1.807, 2.05) is 31.2 Å². The van der Waals surface area contributed by atoms with Crippen molar-refractivity contribution in [1.29, 1.82) is 0 Å². The number of carbonyl (C=O) groups excluding carboxylic acids is 2. The Kier molecular flexibility index (Phi) is 9.44. The first kappa shape index (κ1) is 27.9. The van der Waals surface area contributed by atoms with Crippen LogP contribution in [0.1, 0.15) is 48.6 Å². The summed E-state index contributed by atoms with van der Waals surface area (Å²) in [6.45, 7) is 5.87. The first-order chi connectivity index (χ1) is 17.3. The van der Waals surface area contributed by atoms with Crippen molar-refractivity contribution in [2.45, 2.75) is 19.8 Å². The number of hydrogen-bond acceptors (Lipinski definition) is 5. The number of carboxylic acids is 1. The van der Waals surface area contributed by atoms with Crippen molar-refractivity contribution in [3.05, 3.63) is 94.5 Å². The van der Waals surface area contributed by atoms with Gasteiger partial charge in [-0.05, 0) is 62.8 Å². The second kappa shape index (κ2) is 12.5. The van der Waals surface area contributed by atoms with Crippen molar-refractivity contribution >= 4 is 41.4 Å². The second-order valence-corrected chi connectivity index (χ2v) is 9.26. The number of amides is 1. The van der Waals surface area contributed by atoms with Crippen LogP contribution in [0.15, 0.2) is 66.7 Å². The van der Waals surface area contributed by atoms with Gasteiger partial charge >= 0.3 is 5.97 Å². The number of benzene rings is 3. The quantitative estimate of drug-likeness (QED) is 0.428. The van der Waals surface area contributed by atoms with E-state index in [1.54, 1.807) is 36.4 Å². The highest BCUT2D eigenvalue weighted by atomic mass is 35.5. The van der Waals surface area contributed by atoms with Crippen LogP contribution in [0.2, 0.25) is 0 Å². The van der Waals surface area contributed by atoms with Gasteiger partial charge in [-0.3, -0.25) is 9.59 Å². The van der Waals surface area contributed by atoms with E-state index in [0.717, 1.165) is 43.9 Å². The SMILES string of the molecule is Cc1ccc(C(=O)Cc2cccc(C(=O)O)c2NC(=O)c2ccc(N3CCCN(C)CC3)cc2)cc1.Cl. The van der Waals surface area contributed by atoms with Crippen LogP contribution in [0.3, 0.4) is 0 Å². The Hall–Kier alpha value is -3.68. The van der Waals surface area contributed by atoms with Gasteiger partial charge in [0.25, 0.3) is 5.91 Å². The molecule has 0 unspecified atom stereocenters. The van der Waals surface area contributed by atoms with Gasteiger partial charge < -0.3 is 20.2 Å². The average Bonchev–Trinajstić information content (AvgIpc) is 3.09. The molecule has 0 atom stereocenters. The predicted octanol–water partition coefficient (Wildman–Crippen LogP) is 4.93. The lowest BCUT2D eigenvalue weighted by Gasteiger charge is -2.23. The zero-order chi connectivity index (χ0) is 25.7. The van der Waals surface area contributed by atoms with Crippen molar-refractivity contribution in [3.63, 3.8) is 0 Å². The molecule has 0 aliphatic carbocycles. The van der Waals surface area contributed by atoms with Crippen LogP contribution >= 0.6 is 12.4 Å². The molecule has 1 aliphatic rings. The minimum atomic E-state index is -1.17. The Morgan fingerprint density at radius 2 is 1.54 bits per heavy atom. The number of hydrogen-bond donors (Lipinski definition) is 2. The van der Waals surface area contributed by atoms with Gasteiger partial charge in [0.05, 0.1) is 11.3 Å². The highest BCUT2D eigenvalue weighted by Gasteiger charge is 2.20. The highest BCUT2D eigenvalue weighted by molar-refractivity contribution is 6.09. The second-order valence-electron chi connectivity index (χ2n) is 9.26. The Balaban J connectivity index is 0.00000380. The third-order valence-corrected chi connectivity index (χ3v) is 6.56. The molecule has 1 heterocycles. The maximum atomic E-state index is 13.1. The van der Waals surface area contributed by atoms with E-state index in [0.29, 0.717) is 16.7 Å². The van der Waals surface area contributed by atoms with Gasteiger partial charge in [-0.25, -0.2) is 4.79 Å². The number of likely N-dealkylation sites (N-methyl/N-ethyl adjacent to an activating group) is 1. The van der Waals surface area contributed by atoms with Gasteiger partial charge in [-0.1, -0.05) is 42.0 Å². The number of halogens is 1. The smallest absolute Gasteiger partial charge is 0.337 e. The summed E-state index contributed by atoms with van der Waals surface area (Å²) in [7, 11) is 2.12. The molecule has 0 aromatic heterocycles. The van der Waals surface area contributed by atoms with Crippen LogP contribution < -0.4 is 10.2 Å². The molecule has 0 spiro atoms. The van der Waals surface area contributed by atoms with Crippen LogP contribution in [0.25, 0.3) is 0 Å². The lowest BCUT2D eigenvalue weighted by atomic mass is 9.98. The topological polar surface area (TPSA) is 89.9 Å². The van der Waals surface area contributed by atoms with Crippen LogP contribution in [0.5, 0.6) is 0 Å². The molecule has 37 heavy (non-hydrogen) atoms. The number of aryl methyl sites for hydroxylation is 1. The minimum Gasteiger partial charge on any atom is -0.478 e. The standard InChI is InChI=1S/C29H31N3O4.ClH/c1-20-7-9-21(10-8-20)26(33)19-23-5-3-6-25(29(35)36)27(23)30-28(34)22-11-13-24(14-12-22)32-16-4-15-31(2)17-18-32;/h3,5-14H,4,15-19H2,1-2H3,(H,30,34)(H,35,36);1H. The average molecular weight is 522 g/mol. The fourth-order valence-electron chi connectivity index (χ4n) is 4.40. The number of carbonyl (C=O) groups is 3. The number of nitrogens with one attached hydrogen (secondary N) is 1. The fraction of sp³-hybridized carbons (Fsp3) is 0.276. The van der Waals surface area contributed by atoms with Crippen molar-refractivity contribution in [2.75, 3.05) is 43.4 Å². The highest BCUT2D eigenvalue weighted by Crippen LogP contribution is 2.25. The van der Waals surface area contributed by atoms with Gasteiger partial charge in [0, 0.05) is 42.9 Å². The molecule has 0 bridgehead atoms. The van der Waals surface area contributed by atoms with Crippen molar-refractivity contribution in [1.82, 2.24) is 4.90 Å². The number of nitrogens with zero attached hydrogens (tertiary/aromatic N) is 2. The van der Waals surface area contributed by atoms with Gasteiger partial charge in [0.2, 0.25) is 0 Å². The molecule has 4 rings (SSSR count). The Bertz CT molecular complexity index is 1260. The molecule has 1 amide bonds. The Labute approximate surface area is 223 Å². The predicted molar refractivity (Wildman–Crippen MR) is 149 cm³/mol. The number of Topliss-reactive ketones (excluding diaryl/α,β-unsaturated/α-hetero) is 1. The monoisotopic (exact) mass is 521 g/mol. The number of anilines is 2. The van der Waals surface area contributed by atoms with Gasteiger partial charge in [-0.2, -0.15) is 0 Å². The zero-order valence-electron chi connectivity index (χ0n) is 21.1. The zero-order valence-corrected chi connectivity index (χ0v) is 21.9. The summed E-state index contributed by atoms with van der Waals surface area (Å²) in [5.41, 5.74) is 3.60. The molecule has 0 radical (unpaired) electrons. The van der Waals surface area contributed by atoms with E-state index in [2.05, 4.69) is 22.2 Å². The Morgan fingerprint density at radius 1 is 0.865 bits per heavy atom. The molecular formula is C29H32ClN3O4. The van der Waals surface area contributed by atoms with Gasteiger partial charge in [-0.15, -0.1) is 12.4 Å². The molecule has 3 aromatic carbocycles. The number of ketones is 1. The fourth-order valence-corrected chi connectivity index (χ4v) is 4.40. The maximum Gasteiger partial charge on any atom is 0.337 e. The molecule has 1 fully saturated rings. The van der Waals surface area contributed by atoms with E-state index < -0.39 is 11.9 Å². The summed E-state index contributed by atoms with van der Waals surface area (Å²) in [5.74, 6) is -1.74. The van der Waals surface area contributed by atoms with Crippen LogP contribution in [-0.2, 0) is 6.42 Å². The molecular weight excluding hydrogens is 490 g/mol. The summed E-state index contributed by atoms with van der Waals surface area (Å²) in [6, 6.07) is 19.3. The third kappa shape index (κ3) is 6.96. The maximum absolute atomic E-state index is 13.1. The normalized spacial score (nSPS) is 13.8. The summed E-state index contributed by atoms with van der Waals surface area (Å²) < 4.78 is 0. The van der Waals surface area contributed by atoms with Crippen molar-refractivity contribution < 1.29 is 19.5 Å².